The van der Waals surface area contributed by atoms with Crippen LogP contribution in [-0.2, 0) is 4.74 Å². The van der Waals surface area contributed by atoms with Crippen molar-refractivity contribution in [1.29, 1.82) is 0 Å². The number of ether oxygens (including phenoxy) is 1. The quantitative estimate of drug-likeness (QED) is 0.530. The number of rotatable bonds is 6. The maximum atomic E-state index is 12.1. The fraction of sp³-hybridized carbons (Fsp3) is 1.00. The van der Waals surface area contributed by atoms with E-state index in [1.807, 2.05) is 6.92 Å². The van der Waals surface area contributed by atoms with Crippen molar-refractivity contribution in [3.8, 4) is 0 Å². The Balaban J connectivity index is 2.89. The van der Waals surface area contributed by atoms with E-state index in [0.29, 0.717) is 6.61 Å². The highest BCUT2D eigenvalue weighted by Gasteiger charge is 2.03. The van der Waals surface area contributed by atoms with Gasteiger partial charge in [0.1, 0.15) is 6.67 Å². The topological polar surface area (TPSA) is 9.23 Å². The average Bonchev–Trinajstić information content (AvgIpc) is 1.98. The number of hydrogen-bond donors (Lipinski definition) is 0. The molecule has 0 amide bonds. The third-order valence-electron chi connectivity index (χ3n) is 1.11. The Morgan fingerprint density at radius 3 is 2.70 bits per heavy atom. The molecular weight excluding hydrogens is 138 g/mol. The van der Waals surface area contributed by atoms with Crippen molar-refractivity contribution < 1.29 is 13.5 Å². The molecule has 0 fully saturated rings. The van der Waals surface area contributed by atoms with E-state index in [1.54, 1.807) is 0 Å². The summed E-state index contributed by atoms with van der Waals surface area (Å²) in [6.07, 6.45) is 0.503. The normalized spacial score (nSPS) is 13.5. The molecule has 0 aliphatic carbocycles. The molecule has 3 heteroatoms. The van der Waals surface area contributed by atoms with Crippen LogP contribution in [0.15, 0.2) is 0 Å². The van der Waals surface area contributed by atoms with Crippen molar-refractivity contribution >= 4 is 0 Å². The minimum absolute atomic E-state index is 0.101. The summed E-state index contributed by atoms with van der Waals surface area (Å²) in [5.74, 6) is 0. The molecule has 1 unspecified atom stereocenters. The molecule has 1 atom stereocenters. The van der Waals surface area contributed by atoms with Gasteiger partial charge >= 0.3 is 0 Å². The summed E-state index contributed by atoms with van der Waals surface area (Å²) in [4.78, 5) is 0. The maximum absolute atomic E-state index is 12.1. The Bertz CT molecular complexity index is 68.6. The first-order valence-corrected chi connectivity index (χ1v) is 3.59. The van der Waals surface area contributed by atoms with Crippen LogP contribution in [0.5, 0.6) is 0 Å². The summed E-state index contributed by atoms with van der Waals surface area (Å²) in [7, 11) is 0. The zero-order valence-corrected chi connectivity index (χ0v) is 6.28. The lowest BCUT2D eigenvalue weighted by Crippen LogP contribution is -2.12. The monoisotopic (exact) mass is 152 g/mol. The molecule has 0 aliphatic heterocycles. The van der Waals surface area contributed by atoms with E-state index >= 15 is 0 Å². The van der Waals surface area contributed by atoms with Crippen LogP contribution in [0.25, 0.3) is 0 Å². The first-order valence-electron chi connectivity index (χ1n) is 3.59. The second-order valence-corrected chi connectivity index (χ2v) is 2.18. The molecule has 0 bridgehead atoms. The molecule has 0 rings (SSSR count). The van der Waals surface area contributed by atoms with Crippen molar-refractivity contribution in [1.82, 2.24) is 0 Å². The highest BCUT2D eigenvalue weighted by molar-refractivity contribution is 4.49. The predicted molar refractivity (Wildman–Crippen MR) is 36.6 cm³/mol. The van der Waals surface area contributed by atoms with Gasteiger partial charge in [0.15, 0.2) is 6.17 Å². The summed E-state index contributed by atoms with van der Waals surface area (Å²) >= 11 is 0. The van der Waals surface area contributed by atoms with E-state index in [0.717, 1.165) is 12.8 Å². The van der Waals surface area contributed by atoms with E-state index < -0.39 is 12.8 Å². The Hall–Kier alpha value is -0.180. The molecule has 10 heavy (non-hydrogen) atoms. The van der Waals surface area contributed by atoms with Gasteiger partial charge in [-0.1, -0.05) is 13.3 Å². The van der Waals surface area contributed by atoms with Crippen molar-refractivity contribution in [3.63, 3.8) is 0 Å². The van der Waals surface area contributed by atoms with Gasteiger partial charge in [0.2, 0.25) is 0 Å². The fourth-order valence-electron chi connectivity index (χ4n) is 0.502. The second kappa shape index (κ2) is 6.93. The SMILES string of the molecule is CCCCOCC(F)CF. The molecule has 0 saturated carbocycles. The number of hydrogen-bond acceptors (Lipinski definition) is 1. The van der Waals surface area contributed by atoms with Crippen molar-refractivity contribution in [3.05, 3.63) is 0 Å². The van der Waals surface area contributed by atoms with Gasteiger partial charge in [-0.3, -0.25) is 0 Å². The lowest BCUT2D eigenvalue weighted by atomic mass is 10.4. The van der Waals surface area contributed by atoms with Crippen LogP contribution in [0, 0.1) is 0 Å². The van der Waals surface area contributed by atoms with Crippen LogP contribution in [0.1, 0.15) is 19.8 Å². The lowest BCUT2D eigenvalue weighted by molar-refractivity contribution is 0.0680. The van der Waals surface area contributed by atoms with Crippen molar-refractivity contribution in [2.24, 2.45) is 0 Å². The van der Waals surface area contributed by atoms with E-state index in [-0.39, 0.29) is 6.61 Å². The molecule has 0 aromatic rings. The van der Waals surface area contributed by atoms with Gasteiger partial charge < -0.3 is 4.74 Å². The first-order chi connectivity index (χ1) is 4.81. The molecule has 1 nitrogen and oxygen atoms in total. The van der Waals surface area contributed by atoms with E-state index in [1.165, 1.54) is 0 Å². The van der Waals surface area contributed by atoms with E-state index in [9.17, 15) is 8.78 Å². The third kappa shape index (κ3) is 5.95. The summed E-state index contributed by atoms with van der Waals surface area (Å²) in [6.45, 7) is 1.52. The van der Waals surface area contributed by atoms with Crippen LogP contribution in [-0.4, -0.2) is 26.1 Å². The van der Waals surface area contributed by atoms with Gasteiger partial charge in [-0.05, 0) is 6.42 Å². The lowest BCUT2D eigenvalue weighted by Gasteiger charge is -2.03. The van der Waals surface area contributed by atoms with Crippen LogP contribution in [0.4, 0.5) is 8.78 Å². The highest BCUT2D eigenvalue weighted by Crippen LogP contribution is 1.94. The summed E-state index contributed by atoms with van der Waals surface area (Å²) in [6, 6.07) is 0. The molecule has 0 heterocycles. The molecular formula is C7H14F2O. The Morgan fingerprint density at radius 1 is 1.50 bits per heavy atom. The van der Waals surface area contributed by atoms with E-state index in [2.05, 4.69) is 0 Å². The van der Waals surface area contributed by atoms with Crippen molar-refractivity contribution in [2.75, 3.05) is 19.9 Å². The number of halogens is 2. The van der Waals surface area contributed by atoms with Gasteiger partial charge in [-0.15, -0.1) is 0 Å². The van der Waals surface area contributed by atoms with Gasteiger partial charge in [0.05, 0.1) is 6.61 Å². The second-order valence-electron chi connectivity index (χ2n) is 2.18. The van der Waals surface area contributed by atoms with Gasteiger partial charge in [-0.2, -0.15) is 0 Å². The summed E-state index contributed by atoms with van der Waals surface area (Å²) in [5, 5.41) is 0. The summed E-state index contributed by atoms with van der Waals surface area (Å²) in [5.41, 5.74) is 0. The third-order valence-corrected chi connectivity index (χ3v) is 1.11. The Kier molecular flexibility index (Phi) is 6.81. The number of unbranched alkanes of at least 4 members (excludes halogenated alkanes) is 1. The first kappa shape index (κ1) is 9.82. The fourth-order valence-corrected chi connectivity index (χ4v) is 0.502. The minimum atomic E-state index is -1.43. The molecule has 0 aromatic carbocycles. The Labute approximate surface area is 60.4 Å². The molecule has 0 spiro atoms. The molecule has 0 N–H and O–H groups in total. The minimum Gasteiger partial charge on any atom is -0.378 e. The standard InChI is InChI=1S/C7H14F2O/c1-2-3-4-10-6-7(9)5-8/h7H,2-6H2,1H3. The zero-order valence-electron chi connectivity index (χ0n) is 6.28. The Morgan fingerprint density at radius 2 is 2.20 bits per heavy atom. The molecule has 0 radical (unpaired) electrons. The molecule has 0 saturated heterocycles. The molecule has 62 valence electrons. The van der Waals surface area contributed by atoms with Crippen LogP contribution < -0.4 is 0 Å². The highest BCUT2D eigenvalue weighted by atomic mass is 19.2. The van der Waals surface area contributed by atoms with Gasteiger partial charge in [-0.25, -0.2) is 8.78 Å². The number of alkyl halides is 2. The smallest absolute Gasteiger partial charge is 0.151 e. The maximum Gasteiger partial charge on any atom is 0.151 e. The van der Waals surface area contributed by atoms with Crippen LogP contribution >= 0.6 is 0 Å². The summed E-state index contributed by atoms with van der Waals surface area (Å²) < 4.78 is 28.3. The van der Waals surface area contributed by atoms with Gasteiger partial charge in [0.25, 0.3) is 0 Å². The van der Waals surface area contributed by atoms with Gasteiger partial charge in [0, 0.05) is 6.61 Å². The largest absolute Gasteiger partial charge is 0.378 e. The van der Waals surface area contributed by atoms with E-state index in [4.69, 9.17) is 4.74 Å². The molecule has 0 aliphatic rings. The van der Waals surface area contributed by atoms with Crippen molar-refractivity contribution in [2.45, 2.75) is 25.9 Å². The van der Waals surface area contributed by atoms with Crippen LogP contribution in [0.3, 0.4) is 0 Å². The zero-order chi connectivity index (χ0) is 7.82. The predicted octanol–water partition coefficient (Wildman–Crippen LogP) is 2.11. The molecule has 0 aromatic heterocycles. The average molecular weight is 152 g/mol. The van der Waals surface area contributed by atoms with Crippen LogP contribution in [0.2, 0.25) is 0 Å².